The Morgan fingerprint density at radius 1 is 1.06 bits per heavy atom. The quantitative estimate of drug-likeness (QED) is 0.645. The lowest BCUT2D eigenvalue weighted by Gasteiger charge is -2.30. The summed E-state index contributed by atoms with van der Waals surface area (Å²) in [4.78, 5) is 23.8. The van der Waals surface area contributed by atoms with Crippen LogP contribution in [-0.2, 0) is 26.0 Å². The van der Waals surface area contributed by atoms with Crippen LogP contribution in [0.5, 0.6) is 5.75 Å². The molecule has 0 spiro atoms. The average Bonchev–Trinajstić information content (AvgIpc) is 2.75. The summed E-state index contributed by atoms with van der Waals surface area (Å²) in [5.74, 6) is -0.193. The minimum absolute atomic E-state index is 0.138. The van der Waals surface area contributed by atoms with E-state index in [1.54, 1.807) is 48.5 Å². The normalized spacial score (nSPS) is 15.4. The molecule has 1 aliphatic rings. The van der Waals surface area contributed by atoms with Gasteiger partial charge >= 0.3 is 0 Å². The summed E-state index contributed by atoms with van der Waals surface area (Å²) in [6, 6.07) is 13.3. The van der Waals surface area contributed by atoms with Gasteiger partial charge in [0.1, 0.15) is 5.75 Å². The highest BCUT2D eigenvalue weighted by Gasteiger charge is 2.32. The van der Waals surface area contributed by atoms with Crippen LogP contribution in [0.3, 0.4) is 0 Å². The predicted octanol–water partition coefficient (Wildman–Crippen LogP) is 2.15. The molecule has 31 heavy (non-hydrogen) atoms. The van der Waals surface area contributed by atoms with E-state index in [9.17, 15) is 18.0 Å². The molecule has 1 fully saturated rings. The number of hydrogen-bond acceptors (Lipinski definition) is 5. The van der Waals surface area contributed by atoms with E-state index in [1.807, 2.05) is 6.92 Å². The number of primary amides is 1. The van der Waals surface area contributed by atoms with Crippen LogP contribution < -0.4 is 15.8 Å². The van der Waals surface area contributed by atoms with Crippen molar-refractivity contribution in [2.24, 2.45) is 11.7 Å². The number of ether oxygens (including phenoxy) is 1. The minimum atomic E-state index is -3.61. The van der Waals surface area contributed by atoms with Crippen LogP contribution in [0.1, 0.15) is 25.3 Å². The van der Waals surface area contributed by atoms with Crippen LogP contribution in [-0.4, -0.2) is 44.2 Å². The molecule has 166 valence electrons. The first-order valence-corrected chi connectivity index (χ1v) is 11.6. The summed E-state index contributed by atoms with van der Waals surface area (Å²) in [5.41, 5.74) is 6.58. The Hall–Kier alpha value is -2.91. The molecule has 2 aromatic rings. The molecule has 1 saturated heterocycles. The molecule has 2 aromatic carbocycles. The lowest BCUT2D eigenvalue weighted by molar-refractivity contribution is -0.121. The van der Waals surface area contributed by atoms with Crippen molar-refractivity contribution in [3.63, 3.8) is 0 Å². The Morgan fingerprint density at radius 3 is 2.23 bits per heavy atom. The zero-order valence-electron chi connectivity index (χ0n) is 17.4. The van der Waals surface area contributed by atoms with Gasteiger partial charge in [-0.25, -0.2) is 8.42 Å². The van der Waals surface area contributed by atoms with E-state index in [0.717, 1.165) is 5.56 Å². The van der Waals surface area contributed by atoms with Crippen LogP contribution in [0.2, 0.25) is 0 Å². The fourth-order valence-electron chi connectivity index (χ4n) is 3.53. The second-order valence-corrected chi connectivity index (χ2v) is 9.35. The van der Waals surface area contributed by atoms with Gasteiger partial charge in [0, 0.05) is 24.7 Å². The van der Waals surface area contributed by atoms with Crippen molar-refractivity contribution in [3.05, 3.63) is 54.1 Å². The summed E-state index contributed by atoms with van der Waals surface area (Å²) in [6.07, 6.45) is 1.04. The molecular weight excluding hydrogens is 418 g/mol. The third-order valence-electron chi connectivity index (χ3n) is 5.20. The summed E-state index contributed by atoms with van der Waals surface area (Å²) in [5, 5.41) is 2.86. The number of anilines is 1. The number of nitrogens with one attached hydrogen (secondary N) is 1. The highest BCUT2D eigenvalue weighted by atomic mass is 32.2. The van der Waals surface area contributed by atoms with Crippen LogP contribution >= 0.6 is 0 Å². The minimum Gasteiger partial charge on any atom is -0.494 e. The maximum Gasteiger partial charge on any atom is 0.243 e. The number of carbonyl (C=O) groups excluding carboxylic acids is 2. The van der Waals surface area contributed by atoms with Crippen molar-refractivity contribution < 1.29 is 22.7 Å². The van der Waals surface area contributed by atoms with Gasteiger partial charge in [0.05, 0.1) is 17.9 Å². The highest BCUT2D eigenvalue weighted by molar-refractivity contribution is 7.89. The van der Waals surface area contributed by atoms with Crippen molar-refractivity contribution in [2.75, 3.05) is 25.0 Å². The Labute approximate surface area is 182 Å². The van der Waals surface area contributed by atoms with E-state index in [0.29, 0.717) is 30.9 Å². The van der Waals surface area contributed by atoms with Gasteiger partial charge in [-0.05, 0) is 61.7 Å². The summed E-state index contributed by atoms with van der Waals surface area (Å²) >= 11 is 0. The standard InChI is InChI=1S/C22H27N3O5S/c1-2-30-19-7-9-20(10-8-19)31(28,29)25-13-11-17(12-14-25)22(27)24-18-5-3-16(4-6-18)15-21(23)26/h3-10,17H,2,11-15H2,1H3,(H2,23,26)(H,24,27). The van der Waals surface area contributed by atoms with E-state index in [2.05, 4.69) is 5.32 Å². The number of hydrogen-bond donors (Lipinski definition) is 2. The Balaban J connectivity index is 1.55. The van der Waals surface area contributed by atoms with E-state index >= 15 is 0 Å². The average molecular weight is 446 g/mol. The number of piperidine rings is 1. The van der Waals surface area contributed by atoms with Crippen LogP contribution in [0, 0.1) is 5.92 Å². The van der Waals surface area contributed by atoms with Crippen LogP contribution in [0.25, 0.3) is 0 Å². The fraction of sp³-hybridized carbons (Fsp3) is 0.364. The number of nitrogens with zero attached hydrogens (tertiary/aromatic N) is 1. The second-order valence-electron chi connectivity index (χ2n) is 7.41. The van der Waals surface area contributed by atoms with Gasteiger partial charge in [0.25, 0.3) is 0 Å². The van der Waals surface area contributed by atoms with Gasteiger partial charge in [-0.2, -0.15) is 4.31 Å². The fourth-order valence-corrected chi connectivity index (χ4v) is 5.00. The number of benzene rings is 2. The van der Waals surface area contributed by atoms with Crippen molar-refractivity contribution in [1.82, 2.24) is 4.31 Å². The molecule has 0 unspecified atom stereocenters. The van der Waals surface area contributed by atoms with Gasteiger partial charge in [-0.1, -0.05) is 12.1 Å². The van der Waals surface area contributed by atoms with Crippen LogP contribution in [0.4, 0.5) is 5.69 Å². The molecule has 0 bridgehead atoms. The number of sulfonamides is 1. The second kappa shape index (κ2) is 9.93. The van der Waals surface area contributed by atoms with Crippen molar-refractivity contribution >= 4 is 27.5 Å². The first-order chi connectivity index (χ1) is 14.8. The zero-order chi connectivity index (χ0) is 22.4. The summed E-state index contributed by atoms with van der Waals surface area (Å²) in [7, 11) is -3.61. The molecular formula is C22H27N3O5S. The van der Waals surface area contributed by atoms with Gasteiger partial charge in [-0.3, -0.25) is 9.59 Å². The van der Waals surface area contributed by atoms with Crippen molar-refractivity contribution in [2.45, 2.75) is 31.1 Å². The lowest BCUT2D eigenvalue weighted by Crippen LogP contribution is -2.41. The predicted molar refractivity (Wildman–Crippen MR) is 117 cm³/mol. The summed E-state index contributed by atoms with van der Waals surface area (Å²) in [6.45, 7) is 2.94. The molecule has 0 atom stereocenters. The molecule has 0 saturated carbocycles. The number of amides is 2. The first kappa shape index (κ1) is 22.8. The molecule has 3 N–H and O–H groups in total. The molecule has 3 rings (SSSR count). The number of nitrogens with two attached hydrogens (primary N) is 1. The smallest absolute Gasteiger partial charge is 0.243 e. The molecule has 0 aliphatic carbocycles. The van der Waals surface area contributed by atoms with E-state index in [4.69, 9.17) is 10.5 Å². The van der Waals surface area contributed by atoms with Gasteiger partial charge in [0.2, 0.25) is 21.8 Å². The number of carbonyl (C=O) groups is 2. The SMILES string of the molecule is CCOc1ccc(S(=O)(=O)N2CCC(C(=O)Nc3ccc(CC(N)=O)cc3)CC2)cc1. The lowest BCUT2D eigenvalue weighted by atomic mass is 9.97. The van der Waals surface area contributed by atoms with Gasteiger partial charge in [0.15, 0.2) is 0 Å². The Kier molecular flexibility index (Phi) is 7.29. The molecule has 1 aliphatic heterocycles. The molecule has 1 heterocycles. The molecule has 2 amide bonds. The Morgan fingerprint density at radius 2 is 1.68 bits per heavy atom. The third kappa shape index (κ3) is 5.83. The number of rotatable bonds is 8. The molecule has 0 aromatic heterocycles. The van der Waals surface area contributed by atoms with E-state index < -0.39 is 15.9 Å². The van der Waals surface area contributed by atoms with Gasteiger partial charge < -0.3 is 15.8 Å². The zero-order valence-corrected chi connectivity index (χ0v) is 18.2. The molecule has 0 radical (unpaired) electrons. The first-order valence-electron chi connectivity index (χ1n) is 10.2. The topological polar surface area (TPSA) is 119 Å². The van der Waals surface area contributed by atoms with Gasteiger partial charge in [-0.15, -0.1) is 0 Å². The van der Waals surface area contributed by atoms with Crippen molar-refractivity contribution in [1.29, 1.82) is 0 Å². The van der Waals surface area contributed by atoms with Crippen LogP contribution in [0.15, 0.2) is 53.4 Å². The summed E-state index contributed by atoms with van der Waals surface area (Å²) < 4.78 is 32.5. The van der Waals surface area contributed by atoms with E-state index in [1.165, 1.54) is 4.31 Å². The monoisotopic (exact) mass is 445 g/mol. The highest BCUT2D eigenvalue weighted by Crippen LogP contribution is 2.26. The maximum absolute atomic E-state index is 12.9. The largest absolute Gasteiger partial charge is 0.494 e. The molecule has 9 heteroatoms. The third-order valence-corrected chi connectivity index (χ3v) is 7.11. The van der Waals surface area contributed by atoms with Crippen molar-refractivity contribution in [3.8, 4) is 5.75 Å². The van der Waals surface area contributed by atoms with E-state index in [-0.39, 0.29) is 36.2 Å². The molecule has 8 nitrogen and oxygen atoms in total. The Bertz CT molecular complexity index is 1010. The maximum atomic E-state index is 12.9.